The third-order valence-corrected chi connectivity index (χ3v) is 5.40. The van der Waals surface area contributed by atoms with Crippen molar-refractivity contribution in [3.8, 4) is 5.75 Å². The first-order valence-electron chi connectivity index (χ1n) is 10.0. The number of aryl methyl sites for hydroxylation is 2. The highest BCUT2D eigenvalue weighted by atomic mass is 16.5. The number of hydrogen-bond donors (Lipinski definition) is 1. The molecule has 1 aromatic rings. The van der Waals surface area contributed by atoms with Gasteiger partial charge in [0, 0.05) is 12.3 Å². The third kappa shape index (κ3) is 4.79. The summed E-state index contributed by atoms with van der Waals surface area (Å²) >= 11 is 0. The molecule has 0 heterocycles. The molecule has 0 spiro atoms. The summed E-state index contributed by atoms with van der Waals surface area (Å²) < 4.78 is 12.0. The Balaban J connectivity index is 2.19. The van der Waals surface area contributed by atoms with Crippen LogP contribution in [0.25, 0.3) is 0 Å². The van der Waals surface area contributed by atoms with Crippen LogP contribution >= 0.6 is 0 Å². The first-order chi connectivity index (χ1) is 12.3. The van der Waals surface area contributed by atoms with E-state index in [1.54, 1.807) is 0 Å². The van der Waals surface area contributed by atoms with Gasteiger partial charge in [-0.1, -0.05) is 20.3 Å². The molecule has 0 aliphatic heterocycles. The molecule has 0 unspecified atom stereocenters. The lowest BCUT2D eigenvalue weighted by molar-refractivity contribution is -0.147. The number of amides is 1. The minimum absolute atomic E-state index is 0.0136. The largest absolute Gasteiger partial charge is 0.490 e. The molecule has 146 valence electrons. The Labute approximate surface area is 158 Å². The highest BCUT2D eigenvalue weighted by Crippen LogP contribution is 2.37. The minimum Gasteiger partial charge on any atom is -0.490 e. The van der Waals surface area contributed by atoms with Crippen LogP contribution in [0.1, 0.15) is 70.9 Å². The molecule has 0 radical (unpaired) electrons. The molecule has 1 saturated carbocycles. The summed E-state index contributed by atoms with van der Waals surface area (Å²) in [4.78, 5) is 13.1. The predicted molar refractivity (Wildman–Crippen MR) is 107 cm³/mol. The highest BCUT2D eigenvalue weighted by molar-refractivity contribution is 5.97. The summed E-state index contributed by atoms with van der Waals surface area (Å²) in [6.07, 6.45) is 4.94. The Bertz CT molecular complexity index is 601. The van der Waals surface area contributed by atoms with E-state index in [0.29, 0.717) is 12.5 Å². The number of ether oxygens (including phenoxy) is 2. The van der Waals surface area contributed by atoms with E-state index in [1.165, 1.54) is 6.42 Å². The molecule has 0 saturated heterocycles. The molecule has 4 heteroatoms. The van der Waals surface area contributed by atoms with Crippen LogP contribution in [-0.2, 0) is 9.53 Å². The molecule has 26 heavy (non-hydrogen) atoms. The van der Waals surface area contributed by atoms with Crippen LogP contribution in [0.3, 0.4) is 0 Å². The van der Waals surface area contributed by atoms with Gasteiger partial charge in [-0.2, -0.15) is 0 Å². The van der Waals surface area contributed by atoms with E-state index in [0.717, 1.165) is 48.2 Å². The second kappa shape index (κ2) is 8.90. The van der Waals surface area contributed by atoms with Crippen molar-refractivity contribution in [2.45, 2.75) is 85.4 Å². The van der Waals surface area contributed by atoms with Gasteiger partial charge < -0.3 is 14.8 Å². The van der Waals surface area contributed by atoms with Crippen molar-refractivity contribution >= 4 is 11.6 Å². The van der Waals surface area contributed by atoms with Crippen LogP contribution in [0.5, 0.6) is 5.75 Å². The monoisotopic (exact) mass is 361 g/mol. The number of nitrogens with one attached hydrogen (secondary N) is 1. The zero-order chi connectivity index (χ0) is 19.3. The number of hydrogen-bond acceptors (Lipinski definition) is 3. The van der Waals surface area contributed by atoms with Crippen LogP contribution in [0.2, 0.25) is 0 Å². The minimum atomic E-state index is -0.694. The van der Waals surface area contributed by atoms with Gasteiger partial charge in [0.25, 0.3) is 5.91 Å². The van der Waals surface area contributed by atoms with Crippen molar-refractivity contribution in [1.82, 2.24) is 0 Å². The van der Waals surface area contributed by atoms with Crippen molar-refractivity contribution in [1.29, 1.82) is 0 Å². The fourth-order valence-corrected chi connectivity index (χ4v) is 3.92. The van der Waals surface area contributed by atoms with E-state index in [9.17, 15) is 4.79 Å². The average Bonchev–Trinajstić information content (AvgIpc) is 2.58. The summed E-state index contributed by atoms with van der Waals surface area (Å²) in [7, 11) is 0. The van der Waals surface area contributed by atoms with Crippen LogP contribution in [0, 0.1) is 19.8 Å². The van der Waals surface area contributed by atoms with Gasteiger partial charge in [0.2, 0.25) is 0 Å². The normalized spacial score (nSPS) is 24.2. The summed E-state index contributed by atoms with van der Waals surface area (Å²) in [5.41, 5.74) is 2.21. The zero-order valence-corrected chi connectivity index (χ0v) is 17.3. The number of rotatable bonds is 7. The molecule has 1 N–H and O–H groups in total. The number of carbonyl (C=O) groups excluding carboxylic acids is 1. The molecule has 1 aliphatic carbocycles. The number of anilines is 1. The van der Waals surface area contributed by atoms with Gasteiger partial charge in [0.15, 0.2) is 0 Å². The summed E-state index contributed by atoms with van der Waals surface area (Å²) in [5.74, 6) is 1.42. The van der Waals surface area contributed by atoms with Crippen molar-refractivity contribution in [2.75, 3.05) is 11.9 Å². The maximum atomic E-state index is 13.1. The molecule has 1 aliphatic rings. The fraction of sp³-hybridized carbons (Fsp3) is 0.682. The number of carbonyl (C=O) groups is 1. The van der Waals surface area contributed by atoms with Crippen LogP contribution in [-0.4, -0.2) is 24.2 Å². The first-order valence-corrected chi connectivity index (χ1v) is 10.0. The van der Waals surface area contributed by atoms with E-state index >= 15 is 0 Å². The summed E-state index contributed by atoms with van der Waals surface area (Å²) in [5, 5.41) is 3.11. The second-order valence-corrected chi connectivity index (χ2v) is 7.86. The van der Waals surface area contributed by atoms with Crippen LogP contribution in [0.4, 0.5) is 5.69 Å². The zero-order valence-electron chi connectivity index (χ0n) is 17.3. The molecule has 4 nitrogen and oxygen atoms in total. The lowest BCUT2D eigenvalue weighted by atomic mass is 9.78. The maximum absolute atomic E-state index is 13.1. The van der Waals surface area contributed by atoms with E-state index in [1.807, 2.05) is 32.9 Å². The van der Waals surface area contributed by atoms with Gasteiger partial charge in [-0.3, -0.25) is 4.79 Å². The van der Waals surface area contributed by atoms with E-state index in [-0.39, 0.29) is 12.0 Å². The third-order valence-electron chi connectivity index (χ3n) is 5.40. The van der Waals surface area contributed by atoms with E-state index in [2.05, 4.69) is 26.1 Å². The van der Waals surface area contributed by atoms with Crippen molar-refractivity contribution in [2.24, 2.45) is 5.92 Å². The lowest BCUT2D eigenvalue weighted by Gasteiger charge is -2.38. The van der Waals surface area contributed by atoms with Crippen LogP contribution < -0.4 is 10.1 Å². The van der Waals surface area contributed by atoms with Gasteiger partial charge >= 0.3 is 0 Å². The fourth-order valence-electron chi connectivity index (χ4n) is 3.92. The quantitative estimate of drug-likeness (QED) is 0.707. The Hall–Kier alpha value is -1.55. The van der Waals surface area contributed by atoms with Crippen molar-refractivity contribution < 1.29 is 14.3 Å². The molecule has 1 aromatic carbocycles. The van der Waals surface area contributed by atoms with Gasteiger partial charge in [0.1, 0.15) is 11.4 Å². The molecule has 3 atom stereocenters. The van der Waals surface area contributed by atoms with Gasteiger partial charge in [0.05, 0.1) is 6.10 Å². The average molecular weight is 362 g/mol. The maximum Gasteiger partial charge on any atom is 0.256 e. The Kier molecular flexibility index (Phi) is 7.10. The smallest absolute Gasteiger partial charge is 0.256 e. The summed E-state index contributed by atoms with van der Waals surface area (Å²) in [6, 6.07) is 3.99. The summed E-state index contributed by atoms with van der Waals surface area (Å²) in [6.45, 7) is 13.0. The molecule has 2 rings (SSSR count). The molecular weight excluding hydrogens is 326 g/mol. The highest BCUT2D eigenvalue weighted by Gasteiger charge is 2.42. The molecule has 0 aromatic heterocycles. The molecule has 1 fully saturated rings. The number of benzene rings is 1. The molecule has 1 amide bonds. The SMILES string of the molecule is CCO[C@]1(C(=O)Nc2cc(C)c(O[C@H](C)CC)c(C)c2)CCC[C@H](C)C1. The Morgan fingerprint density at radius 2 is 1.96 bits per heavy atom. The van der Waals surface area contributed by atoms with Gasteiger partial charge in [-0.05, 0) is 82.6 Å². The van der Waals surface area contributed by atoms with Crippen molar-refractivity contribution in [3.63, 3.8) is 0 Å². The van der Waals surface area contributed by atoms with E-state index < -0.39 is 5.60 Å². The van der Waals surface area contributed by atoms with Gasteiger partial charge in [-0.25, -0.2) is 0 Å². The topological polar surface area (TPSA) is 47.6 Å². The first kappa shape index (κ1) is 20.8. The van der Waals surface area contributed by atoms with Gasteiger partial charge in [-0.15, -0.1) is 0 Å². The Morgan fingerprint density at radius 3 is 2.50 bits per heavy atom. The second-order valence-electron chi connectivity index (χ2n) is 7.86. The molecule has 0 bridgehead atoms. The van der Waals surface area contributed by atoms with Crippen LogP contribution in [0.15, 0.2) is 12.1 Å². The predicted octanol–water partition coefficient (Wildman–Crippen LogP) is 5.40. The van der Waals surface area contributed by atoms with Crippen molar-refractivity contribution in [3.05, 3.63) is 23.3 Å². The van der Waals surface area contributed by atoms with E-state index in [4.69, 9.17) is 9.47 Å². The lowest BCUT2D eigenvalue weighted by Crippen LogP contribution is -2.48. The molecular formula is C22H35NO3. The Morgan fingerprint density at radius 1 is 1.31 bits per heavy atom. The standard InChI is InChI=1S/C22H35NO3/c1-7-18(6)26-20-16(4)12-19(13-17(20)5)23-21(24)22(25-8-2)11-9-10-15(3)14-22/h12-13,15,18H,7-11,14H2,1-6H3,(H,23,24)/t15-,18+,22+/m0/s1.